The molecule has 0 spiro atoms. The van der Waals surface area contributed by atoms with Gasteiger partial charge in [0.1, 0.15) is 6.04 Å². The topological polar surface area (TPSA) is 114 Å². The summed E-state index contributed by atoms with van der Waals surface area (Å²) in [4.78, 5) is 50.3. The number of nitrogens with one attached hydrogen (secondary N) is 2. The van der Waals surface area contributed by atoms with E-state index in [2.05, 4.69) is 4.74 Å². The minimum Gasteiger partial charge on any atom is -0.467 e. The molecule has 1 aromatic carbocycles. The van der Waals surface area contributed by atoms with E-state index in [1.807, 2.05) is 9.97 Å². The van der Waals surface area contributed by atoms with Crippen LogP contribution in [0.25, 0.3) is 0 Å². The fourth-order valence-corrected chi connectivity index (χ4v) is 1.97. The van der Waals surface area contributed by atoms with Crippen molar-refractivity contribution in [2.75, 3.05) is 7.11 Å². The lowest BCUT2D eigenvalue weighted by Crippen LogP contribution is -2.47. The first-order valence-electron chi connectivity index (χ1n) is 6.10. The molecule has 0 aliphatic carbocycles. The SMILES string of the molecule is COC(=O)[C@H](Cc1ccccc1)n1c(=O)[nH]c(=O)[nH]c1=O. The Hall–Kier alpha value is -2.90. The van der Waals surface area contributed by atoms with E-state index in [0.29, 0.717) is 4.57 Å². The number of esters is 1. The van der Waals surface area contributed by atoms with Crippen LogP contribution in [0, 0.1) is 0 Å². The van der Waals surface area contributed by atoms with Crippen molar-refractivity contribution in [3.05, 3.63) is 67.3 Å². The lowest BCUT2D eigenvalue weighted by atomic mass is 10.1. The van der Waals surface area contributed by atoms with E-state index in [1.165, 1.54) is 0 Å². The lowest BCUT2D eigenvalue weighted by molar-refractivity contribution is -0.144. The molecular weight excluding hydrogens is 278 g/mol. The summed E-state index contributed by atoms with van der Waals surface area (Å²) in [5.74, 6) is -0.751. The fourth-order valence-electron chi connectivity index (χ4n) is 1.97. The highest BCUT2D eigenvalue weighted by molar-refractivity contribution is 5.74. The third kappa shape index (κ3) is 3.16. The highest BCUT2D eigenvalue weighted by Crippen LogP contribution is 2.12. The van der Waals surface area contributed by atoms with Crippen molar-refractivity contribution >= 4 is 5.97 Å². The van der Waals surface area contributed by atoms with Crippen LogP contribution in [0.15, 0.2) is 44.7 Å². The van der Waals surface area contributed by atoms with Gasteiger partial charge in [0.05, 0.1) is 7.11 Å². The summed E-state index contributed by atoms with van der Waals surface area (Å²) in [7, 11) is 1.16. The molecule has 0 saturated carbocycles. The Kier molecular flexibility index (Phi) is 4.17. The zero-order valence-corrected chi connectivity index (χ0v) is 11.2. The van der Waals surface area contributed by atoms with E-state index in [0.717, 1.165) is 12.7 Å². The van der Waals surface area contributed by atoms with Crippen LogP contribution in [-0.2, 0) is 16.0 Å². The van der Waals surface area contributed by atoms with Gasteiger partial charge in [0.25, 0.3) is 0 Å². The number of rotatable bonds is 4. The molecule has 8 nitrogen and oxygen atoms in total. The van der Waals surface area contributed by atoms with E-state index < -0.39 is 29.1 Å². The molecule has 1 heterocycles. The van der Waals surface area contributed by atoms with Crippen molar-refractivity contribution in [1.82, 2.24) is 14.5 Å². The third-order valence-corrected chi connectivity index (χ3v) is 2.94. The molecule has 2 N–H and O–H groups in total. The molecule has 0 fully saturated rings. The summed E-state index contributed by atoms with van der Waals surface area (Å²) >= 11 is 0. The van der Waals surface area contributed by atoms with Gasteiger partial charge in [-0.3, -0.25) is 9.97 Å². The maximum absolute atomic E-state index is 11.9. The van der Waals surface area contributed by atoms with Gasteiger partial charge < -0.3 is 4.74 Å². The highest BCUT2D eigenvalue weighted by atomic mass is 16.5. The molecular formula is C13H13N3O5. The number of hydrogen-bond donors (Lipinski definition) is 2. The Labute approximate surface area is 118 Å². The second-order valence-corrected chi connectivity index (χ2v) is 4.29. The van der Waals surface area contributed by atoms with Crippen molar-refractivity contribution in [2.24, 2.45) is 0 Å². The number of aromatic nitrogens is 3. The van der Waals surface area contributed by atoms with Crippen LogP contribution in [0.5, 0.6) is 0 Å². The highest BCUT2D eigenvalue weighted by Gasteiger charge is 2.25. The van der Waals surface area contributed by atoms with Crippen molar-refractivity contribution in [3.63, 3.8) is 0 Å². The van der Waals surface area contributed by atoms with Gasteiger partial charge in [0, 0.05) is 6.42 Å². The van der Waals surface area contributed by atoms with E-state index in [4.69, 9.17) is 0 Å². The average Bonchev–Trinajstić information content (AvgIpc) is 2.45. The number of nitrogens with zero attached hydrogens (tertiary/aromatic N) is 1. The van der Waals surface area contributed by atoms with Crippen molar-refractivity contribution in [3.8, 4) is 0 Å². The molecule has 0 amide bonds. The smallest absolute Gasteiger partial charge is 0.334 e. The predicted octanol–water partition coefficient (Wildman–Crippen LogP) is -0.818. The number of carbonyl (C=O) groups excluding carboxylic acids is 1. The number of hydrogen-bond acceptors (Lipinski definition) is 5. The maximum atomic E-state index is 11.9. The van der Waals surface area contributed by atoms with Gasteiger partial charge in [0.2, 0.25) is 0 Å². The third-order valence-electron chi connectivity index (χ3n) is 2.94. The number of methoxy groups -OCH3 is 1. The van der Waals surface area contributed by atoms with Gasteiger partial charge in [-0.05, 0) is 5.56 Å². The summed E-state index contributed by atoms with van der Waals surface area (Å²) in [5.41, 5.74) is -2.11. The van der Waals surface area contributed by atoms with Crippen molar-refractivity contribution < 1.29 is 9.53 Å². The normalized spacial score (nSPS) is 11.9. The first-order chi connectivity index (χ1) is 10.0. The fraction of sp³-hybridized carbons (Fsp3) is 0.231. The van der Waals surface area contributed by atoms with E-state index >= 15 is 0 Å². The van der Waals surface area contributed by atoms with Gasteiger partial charge in [-0.15, -0.1) is 0 Å². The van der Waals surface area contributed by atoms with Gasteiger partial charge in [-0.25, -0.2) is 23.7 Å². The van der Waals surface area contributed by atoms with Crippen molar-refractivity contribution in [1.29, 1.82) is 0 Å². The van der Waals surface area contributed by atoms with Crippen molar-refractivity contribution in [2.45, 2.75) is 12.5 Å². The lowest BCUT2D eigenvalue weighted by Gasteiger charge is -2.15. The van der Waals surface area contributed by atoms with Crippen LogP contribution >= 0.6 is 0 Å². The Morgan fingerprint density at radius 2 is 1.71 bits per heavy atom. The quantitative estimate of drug-likeness (QED) is 0.714. The molecule has 0 unspecified atom stereocenters. The van der Waals surface area contributed by atoms with E-state index in [-0.39, 0.29) is 6.42 Å². The molecule has 110 valence electrons. The molecule has 2 aromatic rings. The zero-order valence-electron chi connectivity index (χ0n) is 11.2. The number of carbonyl (C=O) groups is 1. The number of benzene rings is 1. The first-order valence-corrected chi connectivity index (χ1v) is 6.10. The second-order valence-electron chi connectivity index (χ2n) is 4.29. The van der Waals surface area contributed by atoms with E-state index in [9.17, 15) is 19.2 Å². The van der Waals surface area contributed by atoms with Gasteiger partial charge >= 0.3 is 23.0 Å². The number of ether oxygens (including phenoxy) is 1. The molecule has 0 aliphatic rings. The van der Waals surface area contributed by atoms with Crippen LogP contribution in [-0.4, -0.2) is 27.6 Å². The first kappa shape index (κ1) is 14.5. The predicted molar refractivity (Wildman–Crippen MR) is 73.1 cm³/mol. The molecule has 21 heavy (non-hydrogen) atoms. The Morgan fingerprint density at radius 3 is 2.24 bits per heavy atom. The standard InChI is InChI=1S/C13H13N3O5/c1-21-10(17)9(7-8-5-3-2-4-6-8)16-12(19)14-11(18)15-13(16)20/h2-6,9H,7H2,1H3,(H2,14,15,18,19,20)/t9-/m0/s1. The summed E-state index contributed by atoms with van der Waals surface area (Å²) < 4.78 is 5.27. The van der Waals surface area contributed by atoms with E-state index in [1.54, 1.807) is 30.3 Å². The monoisotopic (exact) mass is 291 g/mol. The minimum atomic E-state index is -1.16. The van der Waals surface area contributed by atoms with Crippen LogP contribution in [0.3, 0.4) is 0 Å². The largest absolute Gasteiger partial charge is 0.467 e. The molecule has 2 rings (SSSR count). The van der Waals surface area contributed by atoms with Gasteiger partial charge in [-0.2, -0.15) is 0 Å². The molecule has 1 atom stereocenters. The Bertz CT molecular complexity index is 769. The summed E-state index contributed by atoms with van der Waals surface area (Å²) in [6, 6.07) is 7.68. The Morgan fingerprint density at radius 1 is 1.14 bits per heavy atom. The van der Waals surface area contributed by atoms with Crippen LogP contribution in [0.2, 0.25) is 0 Å². The second kappa shape index (κ2) is 6.04. The molecule has 0 bridgehead atoms. The van der Waals surface area contributed by atoms with Crippen LogP contribution < -0.4 is 17.1 Å². The summed E-state index contributed by atoms with van der Waals surface area (Å²) in [6.45, 7) is 0. The molecule has 0 saturated heterocycles. The van der Waals surface area contributed by atoms with Gasteiger partial charge in [-0.1, -0.05) is 30.3 Å². The van der Waals surface area contributed by atoms with Gasteiger partial charge in [0.15, 0.2) is 0 Å². The molecule has 8 heteroatoms. The number of H-pyrrole nitrogens is 2. The maximum Gasteiger partial charge on any atom is 0.334 e. The molecule has 0 aliphatic heterocycles. The average molecular weight is 291 g/mol. The minimum absolute atomic E-state index is 0.0859. The number of aromatic amines is 2. The zero-order chi connectivity index (χ0) is 15.4. The summed E-state index contributed by atoms with van der Waals surface area (Å²) in [6.07, 6.45) is 0.0859. The Balaban J connectivity index is 2.52. The molecule has 1 aromatic heterocycles. The van der Waals surface area contributed by atoms with Crippen LogP contribution in [0.4, 0.5) is 0 Å². The molecule has 0 radical (unpaired) electrons. The van der Waals surface area contributed by atoms with Crippen LogP contribution in [0.1, 0.15) is 11.6 Å². The summed E-state index contributed by atoms with van der Waals surface area (Å²) in [5, 5.41) is 0.